The average molecular weight is 537 g/mol. The van der Waals surface area contributed by atoms with Crippen molar-refractivity contribution in [2.75, 3.05) is 24.1 Å². The van der Waals surface area contributed by atoms with Crippen LogP contribution in [0.5, 0.6) is 11.6 Å². The Kier molecular flexibility index (Phi) is 7.44. The highest BCUT2D eigenvalue weighted by molar-refractivity contribution is 7.15. The predicted octanol–water partition coefficient (Wildman–Crippen LogP) is 5.32. The van der Waals surface area contributed by atoms with E-state index in [1.165, 1.54) is 34.6 Å². The van der Waals surface area contributed by atoms with Gasteiger partial charge in [-0.3, -0.25) is 0 Å². The number of likely N-dealkylation sites (tertiary alicyclic amines) is 1. The summed E-state index contributed by atoms with van der Waals surface area (Å²) in [5.41, 5.74) is 4.77. The minimum absolute atomic E-state index is 0.0350. The summed E-state index contributed by atoms with van der Waals surface area (Å²) in [6, 6.07) is 3.56. The lowest BCUT2D eigenvalue weighted by Crippen LogP contribution is -2.51. The van der Waals surface area contributed by atoms with E-state index in [1.807, 2.05) is 0 Å². The Morgan fingerprint density at radius 2 is 1.95 bits per heavy atom. The van der Waals surface area contributed by atoms with E-state index in [-0.39, 0.29) is 42.8 Å². The number of benzene rings is 1. The van der Waals surface area contributed by atoms with Gasteiger partial charge in [0.25, 0.3) is 0 Å². The summed E-state index contributed by atoms with van der Waals surface area (Å²) < 4.78 is 53.6. The molecule has 9 nitrogen and oxygen atoms in total. The molecule has 37 heavy (non-hydrogen) atoms. The van der Waals surface area contributed by atoms with Gasteiger partial charge in [0.15, 0.2) is 11.6 Å². The number of anilines is 2. The average Bonchev–Trinajstić information content (AvgIpc) is 3.18. The van der Waals surface area contributed by atoms with Crippen LogP contribution in [0.15, 0.2) is 24.4 Å². The van der Waals surface area contributed by atoms with E-state index in [0.717, 1.165) is 0 Å². The number of nitrogens with two attached hydrogens (primary N) is 1. The topological polar surface area (TPSA) is 115 Å². The molecule has 1 saturated heterocycles. The van der Waals surface area contributed by atoms with Gasteiger partial charge in [-0.1, -0.05) is 0 Å². The highest BCUT2D eigenvalue weighted by Gasteiger charge is 2.33. The number of ether oxygens (including phenoxy) is 2. The standard InChI is InChI=1S/C24H27F3N6O3S/c1-12-30-21(35-17-6-5-15(28)18(26)19(17)27)20(37-12)16-7-8-29-22(32-16)31-14-9-13(25)10-33(11-14)23(34)36-24(2,3)4/h5-8,13-14H,9-11,28H2,1-4H3,(H,29,31,32)/t13-,14-/m0/s1. The third kappa shape index (κ3) is 6.40. The minimum Gasteiger partial charge on any atom is -0.444 e. The summed E-state index contributed by atoms with van der Waals surface area (Å²) in [7, 11) is 0. The molecule has 0 aliphatic carbocycles. The molecule has 3 heterocycles. The van der Waals surface area contributed by atoms with Gasteiger partial charge in [-0.2, -0.15) is 4.39 Å². The van der Waals surface area contributed by atoms with Crippen molar-refractivity contribution in [3.63, 3.8) is 0 Å². The number of halogens is 3. The van der Waals surface area contributed by atoms with E-state index in [2.05, 4.69) is 20.3 Å². The fraction of sp³-hybridized carbons (Fsp3) is 0.417. The first-order valence-corrected chi connectivity index (χ1v) is 12.3. The summed E-state index contributed by atoms with van der Waals surface area (Å²) in [4.78, 5) is 27.2. The van der Waals surface area contributed by atoms with Crippen molar-refractivity contribution in [3.05, 3.63) is 41.0 Å². The highest BCUT2D eigenvalue weighted by Crippen LogP contribution is 2.38. The van der Waals surface area contributed by atoms with Gasteiger partial charge >= 0.3 is 6.09 Å². The van der Waals surface area contributed by atoms with E-state index in [0.29, 0.717) is 15.6 Å². The fourth-order valence-corrected chi connectivity index (χ4v) is 4.54. The van der Waals surface area contributed by atoms with Gasteiger partial charge in [0.05, 0.1) is 22.9 Å². The molecule has 4 rings (SSSR count). The number of aromatic nitrogens is 3. The fourth-order valence-electron chi connectivity index (χ4n) is 3.72. The monoisotopic (exact) mass is 536 g/mol. The number of amides is 1. The molecule has 2 aromatic heterocycles. The molecule has 1 aliphatic heterocycles. The number of carbonyl (C=O) groups excluding carboxylic acids is 1. The molecule has 1 aliphatic rings. The molecule has 0 bridgehead atoms. The summed E-state index contributed by atoms with van der Waals surface area (Å²) in [6.07, 6.45) is -0.192. The van der Waals surface area contributed by atoms with E-state index in [4.69, 9.17) is 15.2 Å². The number of hydrogen-bond donors (Lipinski definition) is 2. The Bertz CT molecular complexity index is 1300. The Morgan fingerprint density at radius 3 is 2.68 bits per heavy atom. The summed E-state index contributed by atoms with van der Waals surface area (Å²) in [5, 5.41) is 3.68. The van der Waals surface area contributed by atoms with Crippen LogP contribution in [0.1, 0.15) is 32.2 Å². The van der Waals surface area contributed by atoms with Crippen molar-refractivity contribution in [1.29, 1.82) is 0 Å². The summed E-state index contributed by atoms with van der Waals surface area (Å²) in [6.45, 7) is 7.11. The molecule has 198 valence electrons. The molecule has 1 amide bonds. The third-order valence-electron chi connectivity index (χ3n) is 5.26. The summed E-state index contributed by atoms with van der Waals surface area (Å²) >= 11 is 1.24. The number of hydrogen-bond acceptors (Lipinski definition) is 9. The quantitative estimate of drug-likeness (QED) is 0.421. The lowest BCUT2D eigenvalue weighted by Gasteiger charge is -2.36. The SMILES string of the molecule is Cc1nc(Oc2ccc(N)c(F)c2F)c(-c2ccnc(N[C@H]3C[C@H](F)CN(C(=O)OC(C)(C)C)C3)n2)s1. The molecule has 0 spiro atoms. The van der Waals surface area contributed by atoms with Crippen LogP contribution < -0.4 is 15.8 Å². The molecule has 1 aromatic carbocycles. The van der Waals surface area contributed by atoms with Crippen LogP contribution in [0, 0.1) is 18.6 Å². The van der Waals surface area contributed by atoms with Gasteiger partial charge in [0, 0.05) is 25.2 Å². The maximum atomic E-state index is 14.5. The molecule has 0 unspecified atom stereocenters. The van der Waals surface area contributed by atoms with E-state index in [1.54, 1.807) is 33.8 Å². The Balaban J connectivity index is 1.53. The highest BCUT2D eigenvalue weighted by atomic mass is 32.1. The minimum atomic E-state index is -1.25. The van der Waals surface area contributed by atoms with Crippen molar-refractivity contribution < 1.29 is 27.4 Å². The van der Waals surface area contributed by atoms with E-state index >= 15 is 0 Å². The number of aryl methyl sites for hydroxylation is 1. The zero-order valence-corrected chi connectivity index (χ0v) is 21.5. The second-order valence-electron chi connectivity index (χ2n) is 9.58. The van der Waals surface area contributed by atoms with Crippen LogP contribution in [0.25, 0.3) is 10.6 Å². The van der Waals surface area contributed by atoms with Gasteiger partial charge in [0.1, 0.15) is 16.6 Å². The van der Waals surface area contributed by atoms with Crippen molar-refractivity contribution in [2.45, 2.75) is 51.9 Å². The molecule has 1 fully saturated rings. The first-order chi connectivity index (χ1) is 17.4. The van der Waals surface area contributed by atoms with E-state index < -0.39 is 35.5 Å². The first kappa shape index (κ1) is 26.5. The second kappa shape index (κ2) is 10.4. The zero-order valence-electron chi connectivity index (χ0n) is 20.7. The summed E-state index contributed by atoms with van der Waals surface area (Å²) in [5.74, 6) is -2.58. The molecule has 2 atom stereocenters. The lowest BCUT2D eigenvalue weighted by atomic mass is 10.0. The van der Waals surface area contributed by atoms with Gasteiger partial charge in [-0.05, 0) is 45.9 Å². The molecular formula is C24H27F3N6O3S. The van der Waals surface area contributed by atoms with Crippen LogP contribution in [0.2, 0.25) is 0 Å². The van der Waals surface area contributed by atoms with Gasteiger partial charge in [0.2, 0.25) is 17.6 Å². The maximum absolute atomic E-state index is 14.5. The number of nitrogen functional groups attached to an aromatic ring is 1. The number of carbonyl (C=O) groups is 1. The maximum Gasteiger partial charge on any atom is 0.410 e. The third-order valence-corrected chi connectivity index (χ3v) is 6.23. The first-order valence-electron chi connectivity index (χ1n) is 11.5. The van der Waals surface area contributed by atoms with Crippen molar-refractivity contribution in [1.82, 2.24) is 19.9 Å². The Morgan fingerprint density at radius 1 is 1.19 bits per heavy atom. The number of nitrogens with one attached hydrogen (secondary N) is 1. The van der Waals surface area contributed by atoms with Crippen molar-refractivity contribution >= 4 is 29.1 Å². The number of piperidine rings is 1. The smallest absolute Gasteiger partial charge is 0.410 e. The molecule has 3 aromatic rings. The van der Waals surface area contributed by atoms with Crippen LogP contribution in [0.4, 0.5) is 29.6 Å². The second-order valence-corrected chi connectivity index (χ2v) is 10.8. The normalized spacial score (nSPS) is 18.0. The van der Waals surface area contributed by atoms with Crippen molar-refractivity contribution in [2.24, 2.45) is 0 Å². The molecule has 13 heteroatoms. The Hall–Kier alpha value is -3.61. The molecule has 0 radical (unpaired) electrons. The zero-order chi connectivity index (χ0) is 26.9. The molecule has 0 saturated carbocycles. The Labute approximate surface area is 215 Å². The number of nitrogens with zero attached hydrogens (tertiary/aromatic N) is 4. The van der Waals surface area contributed by atoms with Crippen LogP contribution in [-0.2, 0) is 4.74 Å². The van der Waals surface area contributed by atoms with E-state index in [9.17, 15) is 18.0 Å². The van der Waals surface area contributed by atoms with Crippen LogP contribution in [0.3, 0.4) is 0 Å². The van der Waals surface area contributed by atoms with Gasteiger partial charge < -0.3 is 25.4 Å². The lowest BCUT2D eigenvalue weighted by molar-refractivity contribution is 0.0124. The van der Waals surface area contributed by atoms with Crippen LogP contribution in [-0.4, -0.2) is 56.8 Å². The number of alkyl halides is 1. The van der Waals surface area contributed by atoms with Crippen molar-refractivity contribution in [3.8, 4) is 22.2 Å². The van der Waals surface area contributed by atoms with Gasteiger partial charge in [-0.25, -0.2) is 28.5 Å². The number of rotatable bonds is 5. The largest absolute Gasteiger partial charge is 0.444 e. The van der Waals surface area contributed by atoms with Crippen LogP contribution >= 0.6 is 11.3 Å². The number of thiazole rings is 1. The molecule has 3 N–H and O–H groups in total. The predicted molar refractivity (Wildman–Crippen MR) is 133 cm³/mol. The van der Waals surface area contributed by atoms with Gasteiger partial charge in [-0.15, -0.1) is 11.3 Å². The molecular weight excluding hydrogens is 509 g/mol.